The summed E-state index contributed by atoms with van der Waals surface area (Å²) in [7, 11) is 0. The Hall–Kier alpha value is -3.06. The van der Waals surface area contributed by atoms with Crippen LogP contribution in [0.5, 0.6) is 0 Å². The van der Waals surface area contributed by atoms with E-state index in [1.165, 1.54) is 6.07 Å². The zero-order chi connectivity index (χ0) is 23.7. The number of aryl methyl sites for hydroxylation is 2. The summed E-state index contributed by atoms with van der Waals surface area (Å²) >= 11 is 0. The third kappa shape index (κ3) is 4.83. The molecule has 6 nitrogen and oxygen atoms in total. The van der Waals surface area contributed by atoms with Crippen molar-refractivity contribution in [3.05, 3.63) is 53.3 Å². The van der Waals surface area contributed by atoms with Crippen LogP contribution in [0.4, 0.5) is 10.2 Å². The van der Waals surface area contributed by atoms with Crippen molar-refractivity contribution in [1.29, 1.82) is 0 Å². The molecule has 1 fully saturated rings. The van der Waals surface area contributed by atoms with Crippen molar-refractivity contribution in [2.75, 3.05) is 31.1 Å². The summed E-state index contributed by atoms with van der Waals surface area (Å²) in [5.41, 5.74) is 3.02. The monoisotopic (exact) mass is 452 g/mol. The predicted molar refractivity (Wildman–Crippen MR) is 131 cm³/mol. The molecule has 0 bridgehead atoms. The number of amides is 1. The Labute approximate surface area is 195 Å². The van der Waals surface area contributed by atoms with E-state index in [-0.39, 0.29) is 19.1 Å². The molecule has 7 heteroatoms. The van der Waals surface area contributed by atoms with Crippen LogP contribution in [-0.2, 0) is 4.79 Å². The van der Waals surface area contributed by atoms with Gasteiger partial charge in [0.15, 0.2) is 5.82 Å². The molecule has 2 aromatic carbocycles. The maximum atomic E-state index is 14.7. The largest absolute Gasteiger partial charge is 0.383 e. The second kappa shape index (κ2) is 9.43. The summed E-state index contributed by atoms with van der Waals surface area (Å²) < 4.78 is 14.7. The lowest BCUT2D eigenvalue weighted by Crippen LogP contribution is -2.52. The molecule has 0 spiro atoms. The van der Waals surface area contributed by atoms with E-state index in [4.69, 9.17) is 9.97 Å². The van der Waals surface area contributed by atoms with Crippen LogP contribution in [0.2, 0.25) is 0 Å². The third-order valence-electron chi connectivity index (χ3n) is 6.15. The minimum atomic E-state index is -0.963. The Balaban J connectivity index is 0.00000324. The molecule has 1 aliphatic rings. The topological polar surface area (TPSA) is 69.6 Å². The van der Waals surface area contributed by atoms with Gasteiger partial charge in [-0.25, -0.2) is 14.4 Å². The Morgan fingerprint density at radius 2 is 1.85 bits per heavy atom. The van der Waals surface area contributed by atoms with Crippen LogP contribution in [0.15, 0.2) is 36.4 Å². The molecule has 2 heterocycles. The van der Waals surface area contributed by atoms with E-state index in [1.54, 1.807) is 11.0 Å². The van der Waals surface area contributed by atoms with Crippen molar-refractivity contribution < 1.29 is 15.7 Å². The lowest BCUT2D eigenvalue weighted by molar-refractivity contribution is -0.141. The van der Waals surface area contributed by atoms with Crippen LogP contribution in [-0.4, -0.2) is 58.2 Å². The number of benzene rings is 2. The van der Waals surface area contributed by atoms with Crippen LogP contribution in [0.3, 0.4) is 0 Å². The lowest BCUT2D eigenvalue weighted by Gasteiger charge is -2.37. The molecule has 33 heavy (non-hydrogen) atoms. The van der Waals surface area contributed by atoms with Gasteiger partial charge in [0.25, 0.3) is 5.91 Å². The molecule has 0 unspecified atom stereocenters. The molecule has 0 saturated carbocycles. The number of aromatic nitrogens is 2. The standard InChI is InChI=1S/C26H31FN4O2.H2/c1-16(2)14-22(32)26(33)31-12-10-30(11-13-31)25-19-9-8-17(3)15-21(19)28-24(29-25)23-18(4)6-5-7-20(23)27;/h5-9,15-16,22,32H,10-14H2,1-4H3;1H/t22-;/m1./s1. The SMILES string of the molecule is Cc1ccc2c(N3CCN(C(=O)[C@H](O)CC(C)C)CC3)nc(-c3c(C)cccc3F)nc2c1.[HH]. The highest BCUT2D eigenvalue weighted by Crippen LogP contribution is 2.31. The van der Waals surface area contributed by atoms with Gasteiger partial charge >= 0.3 is 0 Å². The van der Waals surface area contributed by atoms with E-state index < -0.39 is 6.10 Å². The first-order valence-corrected chi connectivity index (χ1v) is 11.5. The van der Waals surface area contributed by atoms with Crippen LogP contribution in [0, 0.1) is 25.6 Å². The number of piperazine rings is 1. The average molecular weight is 453 g/mol. The van der Waals surface area contributed by atoms with Crippen LogP contribution < -0.4 is 4.90 Å². The van der Waals surface area contributed by atoms with Gasteiger partial charge in [0.2, 0.25) is 0 Å². The van der Waals surface area contributed by atoms with E-state index in [9.17, 15) is 14.3 Å². The smallest absolute Gasteiger partial charge is 0.251 e. The van der Waals surface area contributed by atoms with E-state index >= 15 is 0 Å². The third-order valence-corrected chi connectivity index (χ3v) is 6.15. The number of aliphatic hydroxyl groups is 1. The maximum absolute atomic E-state index is 14.7. The Morgan fingerprint density at radius 3 is 2.52 bits per heavy atom. The number of rotatable bonds is 5. The number of nitrogens with zero attached hydrogens (tertiary/aromatic N) is 4. The number of carbonyl (C=O) groups is 1. The fraction of sp³-hybridized carbons (Fsp3) is 0.423. The second-order valence-electron chi connectivity index (χ2n) is 9.28. The van der Waals surface area contributed by atoms with E-state index in [2.05, 4.69) is 4.90 Å². The normalized spacial score (nSPS) is 15.4. The number of aliphatic hydroxyl groups excluding tert-OH is 1. The quantitative estimate of drug-likeness (QED) is 0.623. The number of carbonyl (C=O) groups excluding carboxylic acids is 1. The van der Waals surface area contributed by atoms with Crippen molar-refractivity contribution >= 4 is 22.6 Å². The van der Waals surface area contributed by atoms with Crippen molar-refractivity contribution in [1.82, 2.24) is 14.9 Å². The van der Waals surface area contributed by atoms with Crippen molar-refractivity contribution in [3.63, 3.8) is 0 Å². The summed E-state index contributed by atoms with van der Waals surface area (Å²) in [6, 6.07) is 11.0. The first-order valence-electron chi connectivity index (χ1n) is 11.5. The van der Waals surface area contributed by atoms with E-state index in [0.717, 1.165) is 27.8 Å². The molecule has 3 aromatic rings. The fourth-order valence-corrected chi connectivity index (χ4v) is 4.39. The molecule has 1 atom stereocenters. The van der Waals surface area contributed by atoms with Crippen LogP contribution in [0.1, 0.15) is 32.8 Å². The average Bonchev–Trinajstić information content (AvgIpc) is 2.77. The van der Waals surface area contributed by atoms with Crippen molar-refractivity contribution in [2.24, 2.45) is 5.92 Å². The van der Waals surface area contributed by atoms with Gasteiger partial charge in [0, 0.05) is 33.0 Å². The highest BCUT2D eigenvalue weighted by molar-refractivity contribution is 5.92. The first kappa shape index (κ1) is 23.1. The summed E-state index contributed by atoms with van der Waals surface area (Å²) in [5, 5.41) is 11.1. The molecule has 4 rings (SSSR count). The Bertz CT molecular complexity index is 1160. The zero-order valence-electron chi connectivity index (χ0n) is 19.7. The lowest BCUT2D eigenvalue weighted by atomic mass is 10.0. The maximum Gasteiger partial charge on any atom is 0.251 e. The van der Waals surface area contributed by atoms with Crippen LogP contribution in [0.25, 0.3) is 22.3 Å². The van der Waals surface area contributed by atoms with Gasteiger partial charge in [-0.1, -0.05) is 32.0 Å². The number of hydrogen-bond donors (Lipinski definition) is 1. The summed E-state index contributed by atoms with van der Waals surface area (Å²) in [6.07, 6.45) is -0.504. The first-order chi connectivity index (χ1) is 15.7. The molecule has 1 saturated heterocycles. The molecule has 176 valence electrons. The Morgan fingerprint density at radius 1 is 1.12 bits per heavy atom. The molecule has 1 N–H and O–H groups in total. The molecule has 0 radical (unpaired) electrons. The van der Waals surface area contributed by atoms with Gasteiger partial charge in [-0.3, -0.25) is 4.79 Å². The second-order valence-corrected chi connectivity index (χ2v) is 9.28. The zero-order valence-corrected chi connectivity index (χ0v) is 19.7. The van der Waals surface area contributed by atoms with Crippen molar-refractivity contribution in [3.8, 4) is 11.4 Å². The number of fused-ring (bicyclic) bond motifs is 1. The number of halogens is 1. The van der Waals surface area contributed by atoms with Gasteiger partial charge in [-0.15, -0.1) is 0 Å². The van der Waals surface area contributed by atoms with E-state index in [1.807, 2.05) is 52.0 Å². The fourth-order valence-electron chi connectivity index (χ4n) is 4.39. The summed E-state index contributed by atoms with van der Waals surface area (Å²) in [5.74, 6) is 0.801. The molecule has 0 aliphatic carbocycles. The summed E-state index contributed by atoms with van der Waals surface area (Å²) in [6.45, 7) is 10.00. The number of anilines is 1. The van der Waals surface area contributed by atoms with Gasteiger partial charge < -0.3 is 14.9 Å². The van der Waals surface area contributed by atoms with Crippen molar-refractivity contribution in [2.45, 2.75) is 40.2 Å². The van der Waals surface area contributed by atoms with Gasteiger partial charge in [-0.05, 0) is 55.5 Å². The van der Waals surface area contributed by atoms with E-state index in [0.29, 0.717) is 44.0 Å². The predicted octanol–water partition coefficient (Wildman–Crippen LogP) is 4.35. The molecule has 1 aromatic heterocycles. The Kier molecular flexibility index (Phi) is 6.61. The molecule has 1 amide bonds. The van der Waals surface area contributed by atoms with Gasteiger partial charge in [-0.2, -0.15) is 0 Å². The van der Waals surface area contributed by atoms with Crippen LogP contribution >= 0.6 is 0 Å². The molecular formula is C26H33FN4O2. The summed E-state index contributed by atoms with van der Waals surface area (Å²) in [4.78, 5) is 26.0. The highest BCUT2D eigenvalue weighted by Gasteiger charge is 2.28. The molecule has 1 aliphatic heterocycles. The van der Waals surface area contributed by atoms with Gasteiger partial charge in [0.1, 0.15) is 17.7 Å². The number of hydrogen-bond acceptors (Lipinski definition) is 5. The highest BCUT2D eigenvalue weighted by atomic mass is 19.1. The minimum absolute atomic E-state index is 0. The van der Waals surface area contributed by atoms with Gasteiger partial charge in [0.05, 0.1) is 11.1 Å². The minimum Gasteiger partial charge on any atom is -0.383 e. The molecular weight excluding hydrogens is 419 g/mol.